The van der Waals surface area contributed by atoms with Crippen LogP contribution in [-0.4, -0.2) is 13.2 Å². The van der Waals surface area contributed by atoms with Crippen molar-refractivity contribution in [2.45, 2.75) is 59.0 Å². The molecule has 1 fully saturated rings. The minimum Gasteiger partial charge on any atom is -0.496 e. The summed E-state index contributed by atoms with van der Waals surface area (Å²) in [6.07, 6.45) is 5.50. The maximum Gasteiger partial charge on any atom is 0.121 e. The lowest BCUT2D eigenvalue weighted by molar-refractivity contribution is 0.204. The molecule has 2 atom stereocenters. The molecule has 1 aromatic carbocycles. The maximum atomic E-state index is 5.32. The van der Waals surface area contributed by atoms with Crippen molar-refractivity contribution in [1.82, 2.24) is 5.32 Å². The first-order valence-corrected chi connectivity index (χ1v) is 7.98. The van der Waals surface area contributed by atoms with Crippen LogP contribution in [0.4, 0.5) is 0 Å². The van der Waals surface area contributed by atoms with Crippen LogP contribution in [0, 0.1) is 18.8 Å². The Hall–Kier alpha value is -1.02. The molecule has 0 heterocycles. The van der Waals surface area contributed by atoms with Crippen LogP contribution >= 0.6 is 0 Å². The highest BCUT2D eigenvalue weighted by atomic mass is 16.5. The summed E-state index contributed by atoms with van der Waals surface area (Å²) >= 11 is 0. The van der Waals surface area contributed by atoms with Crippen LogP contribution in [0.15, 0.2) is 18.2 Å². The summed E-state index contributed by atoms with van der Waals surface area (Å²) in [5.74, 6) is 2.60. The van der Waals surface area contributed by atoms with Gasteiger partial charge in [-0.1, -0.05) is 38.8 Å². The minimum absolute atomic E-state index is 0.686. The Bertz CT molecular complexity index is 427. The molecule has 1 N–H and O–H groups in total. The third-order valence-electron chi connectivity index (χ3n) is 4.70. The Morgan fingerprint density at radius 1 is 1.25 bits per heavy atom. The molecule has 1 aromatic rings. The molecule has 1 saturated carbocycles. The van der Waals surface area contributed by atoms with E-state index in [-0.39, 0.29) is 0 Å². The predicted octanol–water partition coefficient (Wildman–Crippen LogP) is 4.31. The molecule has 112 valence electrons. The number of hydrogen-bond acceptors (Lipinski definition) is 2. The Kier molecular flexibility index (Phi) is 5.47. The highest BCUT2D eigenvalue weighted by Crippen LogP contribution is 2.30. The largest absolute Gasteiger partial charge is 0.496 e. The summed E-state index contributed by atoms with van der Waals surface area (Å²) in [6.45, 7) is 7.81. The van der Waals surface area contributed by atoms with E-state index in [9.17, 15) is 0 Å². The van der Waals surface area contributed by atoms with Gasteiger partial charge in [-0.05, 0) is 48.8 Å². The fourth-order valence-electron chi connectivity index (χ4n) is 3.51. The molecule has 2 nitrogen and oxygen atoms in total. The summed E-state index contributed by atoms with van der Waals surface area (Å²) in [6, 6.07) is 7.17. The second-order valence-corrected chi connectivity index (χ2v) is 6.48. The molecular formula is C18H29NO. The summed E-state index contributed by atoms with van der Waals surface area (Å²) in [7, 11) is 1.73. The third-order valence-corrected chi connectivity index (χ3v) is 4.70. The average molecular weight is 275 g/mol. The van der Waals surface area contributed by atoms with E-state index in [0.29, 0.717) is 6.04 Å². The lowest BCUT2D eigenvalue weighted by Gasteiger charge is -2.35. The molecule has 2 rings (SSSR count). The number of methoxy groups -OCH3 is 1. The molecule has 0 spiro atoms. The summed E-state index contributed by atoms with van der Waals surface area (Å²) < 4.78 is 5.32. The second kappa shape index (κ2) is 7.12. The highest BCUT2D eigenvalue weighted by Gasteiger charge is 2.26. The van der Waals surface area contributed by atoms with Crippen LogP contribution in [0.1, 0.15) is 50.7 Å². The van der Waals surface area contributed by atoms with Crippen LogP contribution in [0.25, 0.3) is 0 Å². The van der Waals surface area contributed by atoms with E-state index in [2.05, 4.69) is 44.3 Å². The van der Waals surface area contributed by atoms with E-state index in [4.69, 9.17) is 4.74 Å². The van der Waals surface area contributed by atoms with Gasteiger partial charge in [0.05, 0.1) is 7.11 Å². The van der Waals surface area contributed by atoms with Crippen molar-refractivity contribution in [3.63, 3.8) is 0 Å². The Morgan fingerprint density at radius 2 is 2.00 bits per heavy atom. The van der Waals surface area contributed by atoms with E-state index in [0.717, 1.165) is 24.1 Å². The van der Waals surface area contributed by atoms with E-state index < -0.39 is 0 Å². The van der Waals surface area contributed by atoms with Gasteiger partial charge in [0.2, 0.25) is 0 Å². The van der Waals surface area contributed by atoms with Gasteiger partial charge in [-0.25, -0.2) is 0 Å². The van der Waals surface area contributed by atoms with Crippen LogP contribution in [0.3, 0.4) is 0 Å². The normalized spacial score (nSPS) is 23.1. The van der Waals surface area contributed by atoms with Crippen molar-refractivity contribution in [3.8, 4) is 5.75 Å². The minimum atomic E-state index is 0.686. The zero-order chi connectivity index (χ0) is 14.5. The SMILES string of the molecule is COc1ccc(CNC2CCCCC2C(C)C)cc1C. The molecule has 0 bridgehead atoms. The molecule has 0 radical (unpaired) electrons. The highest BCUT2D eigenvalue weighted by molar-refractivity contribution is 5.36. The van der Waals surface area contributed by atoms with Gasteiger partial charge >= 0.3 is 0 Å². The average Bonchev–Trinajstić information content (AvgIpc) is 2.45. The Balaban J connectivity index is 1.95. The van der Waals surface area contributed by atoms with Crippen molar-refractivity contribution in [2.24, 2.45) is 11.8 Å². The van der Waals surface area contributed by atoms with Crippen molar-refractivity contribution in [1.29, 1.82) is 0 Å². The van der Waals surface area contributed by atoms with Gasteiger partial charge in [0.1, 0.15) is 5.75 Å². The van der Waals surface area contributed by atoms with E-state index in [1.54, 1.807) is 7.11 Å². The van der Waals surface area contributed by atoms with Crippen LogP contribution in [-0.2, 0) is 6.54 Å². The molecule has 0 aliphatic heterocycles. The zero-order valence-electron chi connectivity index (χ0n) is 13.4. The van der Waals surface area contributed by atoms with Crippen molar-refractivity contribution >= 4 is 0 Å². The molecule has 0 aromatic heterocycles. The molecule has 0 saturated heterocycles. The van der Waals surface area contributed by atoms with Crippen LogP contribution in [0.5, 0.6) is 5.75 Å². The van der Waals surface area contributed by atoms with Gasteiger partial charge in [-0.3, -0.25) is 0 Å². The summed E-state index contributed by atoms with van der Waals surface area (Å²) in [4.78, 5) is 0. The van der Waals surface area contributed by atoms with E-state index in [1.807, 2.05) is 0 Å². The number of benzene rings is 1. The van der Waals surface area contributed by atoms with Crippen molar-refractivity contribution in [2.75, 3.05) is 7.11 Å². The monoisotopic (exact) mass is 275 g/mol. The molecule has 2 heteroatoms. The third kappa shape index (κ3) is 3.76. The lowest BCUT2D eigenvalue weighted by atomic mass is 9.78. The van der Waals surface area contributed by atoms with Crippen molar-refractivity contribution in [3.05, 3.63) is 29.3 Å². The first kappa shape index (κ1) is 15.4. The molecule has 1 aliphatic rings. The smallest absolute Gasteiger partial charge is 0.121 e. The fraction of sp³-hybridized carbons (Fsp3) is 0.667. The van der Waals surface area contributed by atoms with Gasteiger partial charge in [0.25, 0.3) is 0 Å². The van der Waals surface area contributed by atoms with Crippen LogP contribution < -0.4 is 10.1 Å². The molecule has 20 heavy (non-hydrogen) atoms. The summed E-state index contributed by atoms with van der Waals surface area (Å²) in [5.41, 5.74) is 2.58. The van der Waals surface area contributed by atoms with Gasteiger partial charge in [0.15, 0.2) is 0 Å². The second-order valence-electron chi connectivity index (χ2n) is 6.48. The number of ether oxygens (including phenoxy) is 1. The maximum absolute atomic E-state index is 5.32. The fourth-order valence-corrected chi connectivity index (χ4v) is 3.51. The number of hydrogen-bond donors (Lipinski definition) is 1. The predicted molar refractivity (Wildman–Crippen MR) is 85.2 cm³/mol. The van der Waals surface area contributed by atoms with Gasteiger partial charge < -0.3 is 10.1 Å². The molecular weight excluding hydrogens is 246 g/mol. The molecule has 0 amide bonds. The number of aryl methyl sites for hydroxylation is 1. The van der Waals surface area contributed by atoms with E-state index in [1.165, 1.54) is 36.8 Å². The van der Waals surface area contributed by atoms with Gasteiger partial charge in [-0.15, -0.1) is 0 Å². The number of nitrogens with one attached hydrogen (secondary N) is 1. The quantitative estimate of drug-likeness (QED) is 0.864. The van der Waals surface area contributed by atoms with Crippen molar-refractivity contribution < 1.29 is 4.74 Å². The Labute approximate surface area is 123 Å². The standard InChI is InChI=1S/C18H29NO/c1-13(2)16-7-5-6-8-17(16)19-12-15-9-10-18(20-4)14(3)11-15/h9-11,13,16-17,19H,5-8,12H2,1-4H3. The van der Waals surface area contributed by atoms with Gasteiger partial charge in [-0.2, -0.15) is 0 Å². The van der Waals surface area contributed by atoms with Gasteiger partial charge in [0, 0.05) is 12.6 Å². The number of rotatable bonds is 5. The molecule has 1 aliphatic carbocycles. The topological polar surface area (TPSA) is 21.3 Å². The lowest BCUT2D eigenvalue weighted by Crippen LogP contribution is -2.40. The Morgan fingerprint density at radius 3 is 2.65 bits per heavy atom. The van der Waals surface area contributed by atoms with E-state index >= 15 is 0 Å². The zero-order valence-corrected chi connectivity index (χ0v) is 13.4. The van der Waals surface area contributed by atoms with Crippen LogP contribution in [0.2, 0.25) is 0 Å². The first-order chi connectivity index (χ1) is 9.61. The summed E-state index contributed by atoms with van der Waals surface area (Å²) in [5, 5.41) is 3.79. The first-order valence-electron chi connectivity index (χ1n) is 7.98. The molecule has 2 unspecified atom stereocenters.